The summed E-state index contributed by atoms with van der Waals surface area (Å²) in [6.45, 7) is 10.9. The lowest BCUT2D eigenvalue weighted by atomic mass is 10.0. The maximum absolute atomic E-state index is 8.58. The second-order valence-corrected chi connectivity index (χ2v) is 12.5. The van der Waals surface area contributed by atoms with Gasteiger partial charge in [-0.3, -0.25) is 18.9 Å². The van der Waals surface area contributed by atoms with Crippen LogP contribution in [-0.2, 0) is 4.79 Å². The Bertz CT molecular complexity index is 387. The first-order valence-electron chi connectivity index (χ1n) is 19.1. The zero-order valence-electron chi connectivity index (χ0n) is 31.4. The zero-order valence-corrected chi connectivity index (χ0v) is 31.4. The highest BCUT2D eigenvalue weighted by molar-refractivity contribution is 5.42. The number of rotatable bonds is 29. The Morgan fingerprint density at radius 3 is 0.489 bits per heavy atom. The van der Waals surface area contributed by atoms with E-state index in [1.165, 1.54) is 199 Å². The molecule has 0 aliphatic carbocycles. The van der Waals surface area contributed by atoms with E-state index in [9.17, 15) is 0 Å². The average molecular weight is 660 g/mol. The molecule has 0 bridgehead atoms. The van der Waals surface area contributed by atoms with E-state index in [4.69, 9.17) is 16.3 Å². The largest absolute Gasteiger partial charge is 0.372 e. The van der Waals surface area contributed by atoms with Crippen LogP contribution in [-0.4, -0.2) is 12.6 Å². The van der Waals surface area contributed by atoms with Gasteiger partial charge in [-0.1, -0.05) is 227 Å². The van der Waals surface area contributed by atoms with Gasteiger partial charge in [0, 0.05) is 6.17 Å². The molecule has 0 unspecified atom stereocenters. The minimum Gasteiger partial charge on any atom is -0.372 e. The van der Waals surface area contributed by atoms with Gasteiger partial charge < -0.3 is 17.2 Å². The minimum absolute atomic E-state index is 0. The van der Waals surface area contributed by atoms with Gasteiger partial charge in [0.05, 0.1) is 0 Å². The van der Waals surface area contributed by atoms with Crippen molar-refractivity contribution >= 4 is 6.41 Å². The van der Waals surface area contributed by atoms with Crippen LogP contribution in [0.25, 0.3) is 0 Å². The molecule has 45 heavy (non-hydrogen) atoms. The van der Waals surface area contributed by atoms with Crippen LogP contribution in [0.5, 0.6) is 0 Å². The summed E-state index contributed by atoms with van der Waals surface area (Å²) in [7, 11) is 0. The molecule has 0 aromatic carbocycles. The molecule has 0 aromatic rings. The van der Waals surface area contributed by atoms with Crippen molar-refractivity contribution in [3.63, 3.8) is 0 Å². The van der Waals surface area contributed by atoms with Crippen LogP contribution in [0.3, 0.4) is 0 Å². The molecule has 0 aliphatic rings. The van der Waals surface area contributed by atoms with Crippen molar-refractivity contribution in [3.8, 4) is 0 Å². The van der Waals surface area contributed by atoms with E-state index in [1.807, 2.05) is 0 Å². The van der Waals surface area contributed by atoms with Crippen molar-refractivity contribution in [1.29, 1.82) is 0 Å². The number of carbonyl (C=O) groups excluding carboxylic acids is 1. The fourth-order valence-corrected chi connectivity index (χ4v) is 5.07. The predicted octanol–water partition coefficient (Wildman–Crippen LogP) is 13.0. The van der Waals surface area contributed by atoms with E-state index in [1.54, 1.807) is 6.92 Å². The number of nitrogens with two attached hydrogens (primary N) is 3. The number of hydrogen-bond acceptors (Lipinski definition) is 3. The number of carbonyl (C=O) groups is 1. The molecule has 4 nitrogen and oxygen atoms in total. The molecule has 0 atom stereocenters. The van der Waals surface area contributed by atoms with Crippen LogP contribution in [0, 0.1) is 0 Å². The third kappa shape index (κ3) is 92.2. The summed E-state index contributed by atoms with van der Waals surface area (Å²) in [4.78, 5) is 8.58. The molecule has 0 radical (unpaired) electrons. The van der Waals surface area contributed by atoms with E-state index >= 15 is 0 Å². The van der Waals surface area contributed by atoms with E-state index in [-0.39, 0.29) is 26.7 Å². The highest BCUT2D eigenvalue weighted by atomic mass is 19.0. The maximum atomic E-state index is 8.58. The molecule has 0 saturated carbocycles. The maximum Gasteiger partial charge on any atom is 0.204 e. The third-order valence-electron chi connectivity index (χ3n) is 7.66. The van der Waals surface area contributed by atoms with Gasteiger partial charge in [-0.05, 0) is 6.92 Å². The van der Waals surface area contributed by atoms with Crippen molar-refractivity contribution in [2.24, 2.45) is 17.2 Å². The molecular weight excluding hydrogens is 571 g/mol. The number of amides is 1. The van der Waals surface area contributed by atoms with E-state index < -0.39 is 0 Å². The molecule has 6 N–H and O–H groups in total. The first kappa shape index (κ1) is 59.6. The smallest absolute Gasteiger partial charge is 0.204 e. The molecule has 1 amide bonds. The summed E-state index contributed by atoms with van der Waals surface area (Å²) >= 11 is 0. The van der Waals surface area contributed by atoms with Crippen molar-refractivity contribution in [2.45, 2.75) is 240 Å². The summed E-state index contributed by atoms with van der Waals surface area (Å²) in [6, 6.07) is 0. The van der Waals surface area contributed by atoms with Gasteiger partial charge in [0.1, 0.15) is 0 Å². The number of hydrogen-bond donors (Lipinski definition) is 3. The number of primary amides is 1. The summed E-state index contributed by atoms with van der Waals surface area (Å²) in [6.07, 6.45) is 45.4. The zero-order chi connectivity index (χ0) is 32.2. The topological polar surface area (TPSA) is 95.1 Å². The number of halogens is 3. The van der Waals surface area contributed by atoms with Gasteiger partial charge in [-0.15, -0.1) is 0 Å². The minimum atomic E-state index is -0.167. The molecular formula is C38H88F3N3O. The fraction of sp³-hybridized carbons (Fsp3) is 0.974. The molecule has 0 rings (SSSR count). The SMILES string of the molecule is CC(N)N.CCCCCCCCCCCCCCCCC.CCCCCCCCCCCCCCCCCC.F.F.F.NC=O. The number of unbranched alkanes of at least 4 members (excludes halogenated alkanes) is 29. The highest BCUT2D eigenvalue weighted by Crippen LogP contribution is 2.14. The van der Waals surface area contributed by atoms with Gasteiger partial charge in [0.2, 0.25) is 6.41 Å². The summed E-state index contributed by atoms with van der Waals surface area (Å²) in [5.41, 5.74) is 13.9. The quantitative estimate of drug-likeness (QED) is 0.0423. The Labute approximate surface area is 282 Å². The normalized spacial score (nSPS) is 9.60. The van der Waals surface area contributed by atoms with Crippen molar-refractivity contribution in [3.05, 3.63) is 0 Å². The average Bonchev–Trinajstić information content (AvgIpc) is 2.96. The van der Waals surface area contributed by atoms with Gasteiger partial charge in [0.15, 0.2) is 0 Å². The van der Waals surface area contributed by atoms with Gasteiger partial charge in [-0.2, -0.15) is 0 Å². The Kier molecular flexibility index (Phi) is 87.1. The molecule has 7 heteroatoms. The van der Waals surface area contributed by atoms with Crippen LogP contribution in [0.1, 0.15) is 234 Å². The van der Waals surface area contributed by atoms with Crippen LogP contribution >= 0.6 is 0 Å². The summed E-state index contributed by atoms with van der Waals surface area (Å²) in [5, 5.41) is 0. The third-order valence-corrected chi connectivity index (χ3v) is 7.66. The van der Waals surface area contributed by atoms with Crippen LogP contribution < -0.4 is 17.2 Å². The van der Waals surface area contributed by atoms with Crippen molar-refractivity contribution in [2.75, 3.05) is 0 Å². The predicted molar refractivity (Wildman–Crippen MR) is 201 cm³/mol. The lowest BCUT2D eigenvalue weighted by molar-refractivity contribution is -0.106. The Morgan fingerprint density at radius 1 is 0.356 bits per heavy atom. The monoisotopic (exact) mass is 660 g/mol. The van der Waals surface area contributed by atoms with Crippen LogP contribution in [0.15, 0.2) is 0 Å². The first-order valence-corrected chi connectivity index (χ1v) is 19.1. The van der Waals surface area contributed by atoms with Gasteiger partial charge in [-0.25, -0.2) is 0 Å². The molecule has 0 aromatic heterocycles. The summed E-state index contributed by atoms with van der Waals surface area (Å²) in [5.74, 6) is 0. The van der Waals surface area contributed by atoms with Gasteiger partial charge >= 0.3 is 0 Å². The van der Waals surface area contributed by atoms with E-state index in [0.29, 0.717) is 0 Å². The summed E-state index contributed by atoms with van der Waals surface area (Å²) < 4.78 is 0. The Balaban J connectivity index is -0.000000100. The first-order chi connectivity index (χ1) is 20.5. The molecule has 0 aliphatic heterocycles. The second kappa shape index (κ2) is 65.8. The molecule has 0 saturated heterocycles. The van der Waals surface area contributed by atoms with Gasteiger partial charge in [0.25, 0.3) is 0 Å². The molecule has 282 valence electrons. The second-order valence-electron chi connectivity index (χ2n) is 12.5. The Morgan fingerprint density at radius 2 is 0.422 bits per heavy atom. The lowest BCUT2D eigenvalue weighted by Crippen LogP contribution is -2.25. The standard InChI is InChI=1S/C18H38.C17H36.C2H8N2.CH3NO.3FH/c1-3-5-7-9-11-13-15-17-18-16-14-12-10-8-6-4-2;1-3-5-7-9-11-13-15-17-16-14-12-10-8-6-4-2;1-2(3)4;2-1-3;;;/h3-18H2,1-2H3;3-17H2,1-2H3;2H,3-4H2,1H3;1H,(H2,2,3);3*1H. The van der Waals surface area contributed by atoms with E-state index in [2.05, 4.69) is 33.4 Å². The van der Waals surface area contributed by atoms with Crippen molar-refractivity contribution in [1.82, 2.24) is 0 Å². The highest BCUT2D eigenvalue weighted by Gasteiger charge is 1.95. The Hall–Kier alpha value is -0.820. The van der Waals surface area contributed by atoms with Crippen LogP contribution in [0.2, 0.25) is 0 Å². The van der Waals surface area contributed by atoms with Crippen LogP contribution in [0.4, 0.5) is 14.1 Å². The molecule has 0 spiro atoms. The van der Waals surface area contributed by atoms with Crippen molar-refractivity contribution < 1.29 is 18.9 Å². The molecule has 0 heterocycles. The lowest BCUT2D eigenvalue weighted by Gasteiger charge is -2.03. The van der Waals surface area contributed by atoms with E-state index in [0.717, 1.165) is 0 Å². The fourth-order valence-electron chi connectivity index (χ4n) is 5.07. The molecule has 0 fully saturated rings.